The highest BCUT2D eigenvalue weighted by molar-refractivity contribution is 7.92. The van der Waals surface area contributed by atoms with Crippen LogP contribution >= 0.6 is 0 Å². The number of carbonyl (C=O) groups is 3. The fourth-order valence-electron chi connectivity index (χ4n) is 3.14. The summed E-state index contributed by atoms with van der Waals surface area (Å²) in [6.45, 7) is 0.666. The number of hydrogen-bond donors (Lipinski definition) is 0. The van der Waals surface area contributed by atoms with Crippen LogP contribution in [0.1, 0.15) is 12.5 Å². The molecule has 0 N–H and O–H groups in total. The van der Waals surface area contributed by atoms with Gasteiger partial charge in [-0.3, -0.25) is 14.5 Å². The summed E-state index contributed by atoms with van der Waals surface area (Å²) < 4.78 is 40.2. The van der Waals surface area contributed by atoms with E-state index < -0.39 is 51.5 Å². The van der Waals surface area contributed by atoms with E-state index in [4.69, 9.17) is 14.2 Å². The molecule has 10 heteroatoms. The van der Waals surface area contributed by atoms with E-state index >= 15 is 0 Å². The van der Waals surface area contributed by atoms with Gasteiger partial charge in [0.2, 0.25) is 0 Å². The molecule has 1 aromatic carbocycles. The molecule has 2 atom stereocenters. The third kappa shape index (κ3) is 3.65. The van der Waals surface area contributed by atoms with Crippen LogP contribution in [0.15, 0.2) is 41.6 Å². The molecule has 1 saturated heterocycles. The third-order valence-electron chi connectivity index (χ3n) is 4.42. The lowest BCUT2D eigenvalue weighted by molar-refractivity contribution is -0.164. The predicted octanol–water partition coefficient (Wildman–Crippen LogP) is 0.159. The van der Waals surface area contributed by atoms with E-state index in [1.807, 2.05) is 6.07 Å². The van der Waals surface area contributed by atoms with Crippen molar-refractivity contribution < 1.29 is 37.0 Å². The highest BCUT2D eigenvalue weighted by Gasteiger charge is 2.60. The van der Waals surface area contributed by atoms with E-state index in [0.29, 0.717) is 0 Å². The Bertz CT molecular complexity index is 938. The summed E-state index contributed by atoms with van der Waals surface area (Å²) >= 11 is 0. The molecule has 2 aliphatic rings. The molecule has 0 aliphatic carbocycles. The van der Waals surface area contributed by atoms with Crippen LogP contribution in [0.5, 0.6) is 0 Å². The minimum absolute atomic E-state index is 0.00702. The van der Waals surface area contributed by atoms with Gasteiger partial charge < -0.3 is 14.2 Å². The van der Waals surface area contributed by atoms with Crippen molar-refractivity contribution in [2.75, 3.05) is 19.5 Å². The van der Waals surface area contributed by atoms with Gasteiger partial charge >= 0.3 is 11.9 Å². The SMILES string of the molecule is CO[C@H]1C(=O)N2C(C(=O)OCc3ccccc3)=C(COC(C)=O)CS(=O)(=O)[C@H]12. The molecule has 1 amide bonds. The largest absolute Gasteiger partial charge is 0.461 e. The number of hydrogen-bond acceptors (Lipinski definition) is 8. The lowest BCUT2D eigenvalue weighted by atomic mass is 10.1. The molecule has 0 aromatic heterocycles. The molecule has 1 aromatic rings. The van der Waals surface area contributed by atoms with Gasteiger partial charge in [0.1, 0.15) is 18.9 Å². The maximum Gasteiger partial charge on any atom is 0.355 e. The van der Waals surface area contributed by atoms with Crippen molar-refractivity contribution in [3.8, 4) is 0 Å². The first kappa shape index (κ1) is 20.0. The predicted molar refractivity (Wildman–Crippen MR) is 95.1 cm³/mol. The molecule has 0 unspecified atom stereocenters. The quantitative estimate of drug-likeness (QED) is 0.482. The number of methoxy groups -OCH3 is 1. The molecule has 0 saturated carbocycles. The van der Waals surface area contributed by atoms with Crippen molar-refractivity contribution in [3.63, 3.8) is 0 Å². The minimum Gasteiger partial charge on any atom is -0.461 e. The van der Waals surface area contributed by atoms with Crippen LogP contribution in [0.25, 0.3) is 0 Å². The highest BCUT2D eigenvalue weighted by Crippen LogP contribution is 2.38. The molecule has 1 fully saturated rings. The average Bonchev–Trinajstić information content (AvgIpc) is 2.65. The van der Waals surface area contributed by atoms with Gasteiger partial charge in [0.25, 0.3) is 5.91 Å². The lowest BCUT2D eigenvalue weighted by Crippen LogP contribution is -2.70. The second-order valence-electron chi connectivity index (χ2n) is 6.36. The van der Waals surface area contributed by atoms with Gasteiger partial charge in [-0.15, -0.1) is 0 Å². The highest BCUT2D eigenvalue weighted by atomic mass is 32.2. The van der Waals surface area contributed by atoms with Gasteiger partial charge in [-0.05, 0) is 5.56 Å². The van der Waals surface area contributed by atoms with Crippen LogP contribution < -0.4 is 0 Å². The molecule has 150 valence electrons. The van der Waals surface area contributed by atoms with Gasteiger partial charge in [-0.25, -0.2) is 13.2 Å². The molecular weight excluding hydrogens is 390 g/mol. The second kappa shape index (κ2) is 7.72. The first-order chi connectivity index (χ1) is 13.3. The summed E-state index contributed by atoms with van der Waals surface area (Å²) in [5.74, 6) is -2.71. The fraction of sp³-hybridized carbons (Fsp3) is 0.389. The number of ether oxygens (including phenoxy) is 3. The zero-order valence-corrected chi connectivity index (χ0v) is 16.1. The number of rotatable bonds is 6. The first-order valence-corrected chi connectivity index (χ1v) is 10.1. The molecule has 2 heterocycles. The van der Waals surface area contributed by atoms with Crippen molar-refractivity contribution in [1.82, 2.24) is 4.90 Å². The van der Waals surface area contributed by atoms with E-state index in [9.17, 15) is 22.8 Å². The zero-order chi connectivity index (χ0) is 20.5. The average molecular weight is 409 g/mol. The monoisotopic (exact) mass is 409 g/mol. The maximum atomic E-state index is 12.7. The smallest absolute Gasteiger partial charge is 0.355 e. The van der Waals surface area contributed by atoms with E-state index in [1.165, 1.54) is 7.11 Å². The van der Waals surface area contributed by atoms with Crippen molar-refractivity contribution in [1.29, 1.82) is 0 Å². The Kier molecular flexibility index (Phi) is 5.52. The molecule has 28 heavy (non-hydrogen) atoms. The van der Waals surface area contributed by atoms with E-state index in [2.05, 4.69) is 0 Å². The van der Waals surface area contributed by atoms with Crippen molar-refractivity contribution in [3.05, 3.63) is 47.2 Å². The van der Waals surface area contributed by atoms with Crippen molar-refractivity contribution in [2.24, 2.45) is 0 Å². The Labute approximate surface area is 161 Å². The Balaban J connectivity index is 1.92. The van der Waals surface area contributed by atoms with Crippen LogP contribution in [0.2, 0.25) is 0 Å². The second-order valence-corrected chi connectivity index (χ2v) is 8.45. The molecule has 2 aliphatic heterocycles. The first-order valence-electron chi connectivity index (χ1n) is 8.40. The van der Waals surface area contributed by atoms with Crippen LogP contribution in [0.3, 0.4) is 0 Å². The van der Waals surface area contributed by atoms with Crippen molar-refractivity contribution in [2.45, 2.75) is 25.0 Å². The summed E-state index contributed by atoms with van der Waals surface area (Å²) in [5.41, 5.74) is 0.505. The van der Waals surface area contributed by atoms with E-state index in [0.717, 1.165) is 17.4 Å². The summed E-state index contributed by atoms with van der Waals surface area (Å²) in [6, 6.07) is 8.88. The standard InChI is InChI=1S/C18H19NO8S/c1-11(20)26-9-13-10-28(23,24)17-15(25-2)16(21)19(17)14(13)18(22)27-8-12-6-4-3-5-7-12/h3-7,15,17H,8-10H2,1-2H3/t15-,17+/m0/s1. The minimum atomic E-state index is -3.83. The number of fused-ring (bicyclic) bond motifs is 1. The summed E-state index contributed by atoms with van der Waals surface area (Å²) in [4.78, 5) is 37.1. The number of esters is 2. The Hall–Kier alpha value is -2.72. The number of β-lactam (4-membered cyclic amide) rings is 1. The lowest BCUT2D eigenvalue weighted by Gasteiger charge is -2.48. The molecular formula is C18H19NO8S. The number of sulfone groups is 1. The topological polar surface area (TPSA) is 116 Å². The van der Waals surface area contributed by atoms with Crippen LogP contribution in [0.4, 0.5) is 0 Å². The molecule has 3 rings (SSSR count). The van der Waals surface area contributed by atoms with E-state index in [1.54, 1.807) is 24.3 Å². The normalized spacial score (nSPS) is 22.9. The number of carbonyl (C=O) groups excluding carboxylic acids is 3. The Morgan fingerprint density at radius 1 is 1.14 bits per heavy atom. The van der Waals surface area contributed by atoms with Gasteiger partial charge in [0, 0.05) is 19.6 Å². The maximum absolute atomic E-state index is 12.7. The molecule has 0 spiro atoms. The van der Waals surface area contributed by atoms with Gasteiger partial charge in [-0.1, -0.05) is 30.3 Å². The third-order valence-corrected chi connectivity index (χ3v) is 6.37. The van der Waals surface area contributed by atoms with Gasteiger partial charge in [0.15, 0.2) is 21.3 Å². The Morgan fingerprint density at radius 2 is 1.82 bits per heavy atom. The number of benzene rings is 1. The van der Waals surface area contributed by atoms with Gasteiger partial charge in [-0.2, -0.15) is 0 Å². The fourth-order valence-corrected chi connectivity index (χ4v) is 5.15. The Morgan fingerprint density at radius 3 is 2.43 bits per heavy atom. The zero-order valence-electron chi connectivity index (χ0n) is 15.3. The van der Waals surface area contributed by atoms with Crippen molar-refractivity contribution >= 4 is 27.7 Å². The summed E-state index contributed by atoms with van der Waals surface area (Å²) in [5, 5.41) is -1.30. The molecule has 0 bridgehead atoms. The summed E-state index contributed by atoms with van der Waals surface area (Å²) in [6.07, 6.45) is -1.18. The molecule has 0 radical (unpaired) electrons. The van der Waals surface area contributed by atoms with Crippen LogP contribution in [0, 0.1) is 0 Å². The van der Waals surface area contributed by atoms with Crippen LogP contribution in [-0.4, -0.2) is 62.1 Å². The van der Waals surface area contributed by atoms with Gasteiger partial charge in [0.05, 0.1) is 5.75 Å². The van der Waals surface area contributed by atoms with E-state index in [-0.39, 0.29) is 17.9 Å². The number of amides is 1. The molecule has 9 nitrogen and oxygen atoms in total. The van der Waals surface area contributed by atoms with Crippen LogP contribution in [-0.2, 0) is 45.0 Å². The number of nitrogens with zero attached hydrogens (tertiary/aromatic N) is 1. The summed E-state index contributed by atoms with van der Waals surface area (Å²) in [7, 11) is -2.60.